The molecule has 0 aliphatic rings. The highest BCUT2D eigenvalue weighted by molar-refractivity contribution is 5.94. The van der Waals surface area contributed by atoms with E-state index in [1.165, 1.54) is 0 Å². The number of carbonyl (C=O) groups is 1. The zero-order chi connectivity index (χ0) is 25.5. The Hall–Kier alpha value is -3.76. The highest BCUT2D eigenvalue weighted by Gasteiger charge is 2.33. The summed E-state index contributed by atoms with van der Waals surface area (Å²) in [5, 5.41) is 9.63. The van der Waals surface area contributed by atoms with Crippen LogP contribution in [0.5, 0.6) is 0 Å². The first kappa shape index (κ1) is 25.9. The molecule has 0 radical (unpaired) electrons. The lowest BCUT2D eigenvalue weighted by Crippen LogP contribution is -2.42. The molecule has 0 spiro atoms. The number of aromatic nitrogens is 2. The third-order valence-corrected chi connectivity index (χ3v) is 6.13. The Kier molecular flexibility index (Phi) is 8.56. The SMILES string of the molecule is Cc1cccc(C(=O)N(CCCN)C(c2nc(=O)c(C#N)c(C)n2Cc2ccccc2)C(C)C)c1. The number of hydrogen-bond donors (Lipinski definition) is 1. The lowest BCUT2D eigenvalue weighted by atomic mass is 9.98. The number of benzene rings is 2. The van der Waals surface area contributed by atoms with Crippen LogP contribution in [0.15, 0.2) is 59.4 Å². The minimum Gasteiger partial charge on any atom is -0.330 e. The number of nitrogens with two attached hydrogens (primary N) is 1. The zero-order valence-corrected chi connectivity index (χ0v) is 20.9. The van der Waals surface area contributed by atoms with E-state index in [-0.39, 0.29) is 17.4 Å². The number of nitriles is 1. The van der Waals surface area contributed by atoms with E-state index in [1.54, 1.807) is 17.9 Å². The predicted octanol–water partition coefficient (Wildman–Crippen LogP) is 3.97. The molecule has 7 nitrogen and oxygen atoms in total. The van der Waals surface area contributed by atoms with Crippen LogP contribution in [-0.2, 0) is 6.54 Å². The van der Waals surface area contributed by atoms with E-state index in [0.717, 1.165) is 11.1 Å². The number of rotatable bonds is 9. The van der Waals surface area contributed by atoms with Gasteiger partial charge in [0.25, 0.3) is 11.5 Å². The van der Waals surface area contributed by atoms with Crippen LogP contribution in [0.2, 0.25) is 0 Å². The van der Waals surface area contributed by atoms with Gasteiger partial charge in [-0.25, -0.2) is 0 Å². The molecule has 0 aliphatic carbocycles. The van der Waals surface area contributed by atoms with Crippen LogP contribution in [-0.4, -0.2) is 33.4 Å². The Labute approximate surface area is 206 Å². The second-order valence-electron chi connectivity index (χ2n) is 9.12. The average Bonchev–Trinajstić information content (AvgIpc) is 2.84. The molecule has 1 aromatic heterocycles. The number of aryl methyl sites for hydroxylation is 1. The number of carbonyl (C=O) groups excluding carboxylic acids is 1. The number of hydrogen-bond acceptors (Lipinski definition) is 5. The molecule has 0 aliphatic heterocycles. The molecule has 2 N–H and O–H groups in total. The van der Waals surface area contributed by atoms with Crippen LogP contribution in [0.25, 0.3) is 0 Å². The largest absolute Gasteiger partial charge is 0.330 e. The summed E-state index contributed by atoms with van der Waals surface area (Å²) in [6.45, 7) is 9.01. The topological polar surface area (TPSA) is 105 Å². The molecule has 3 aromatic rings. The predicted molar refractivity (Wildman–Crippen MR) is 137 cm³/mol. The van der Waals surface area contributed by atoms with Crippen LogP contribution in [0.4, 0.5) is 0 Å². The van der Waals surface area contributed by atoms with E-state index >= 15 is 0 Å². The van der Waals surface area contributed by atoms with Gasteiger partial charge in [0.15, 0.2) is 0 Å². The zero-order valence-electron chi connectivity index (χ0n) is 20.9. The molecule has 0 fully saturated rings. The van der Waals surface area contributed by atoms with Crippen LogP contribution in [0.1, 0.15) is 64.9 Å². The molecule has 2 aromatic carbocycles. The second kappa shape index (κ2) is 11.6. The van der Waals surface area contributed by atoms with Crippen LogP contribution in [0.3, 0.4) is 0 Å². The lowest BCUT2D eigenvalue weighted by Gasteiger charge is -2.36. The van der Waals surface area contributed by atoms with Crippen molar-refractivity contribution < 1.29 is 4.79 Å². The summed E-state index contributed by atoms with van der Waals surface area (Å²) in [6, 6.07) is 18.8. The van der Waals surface area contributed by atoms with Gasteiger partial charge in [0, 0.05) is 24.3 Å². The van der Waals surface area contributed by atoms with Crippen molar-refractivity contribution in [2.45, 2.75) is 46.7 Å². The van der Waals surface area contributed by atoms with Gasteiger partial charge in [0.2, 0.25) is 0 Å². The molecule has 7 heteroatoms. The van der Waals surface area contributed by atoms with Crippen molar-refractivity contribution in [3.63, 3.8) is 0 Å². The molecule has 1 amide bonds. The minimum atomic E-state index is -0.572. The van der Waals surface area contributed by atoms with Gasteiger partial charge in [-0.05, 0) is 50.4 Å². The standard InChI is InChI=1S/C28H33N5O2/c1-19(2)25(32(15-9-14-29)28(35)23-13-8-10-20(3)16-23)26-31-27(34)24(17-30)21(4)33(26)18-22-11-6-5-7-12-22/h5-8,10-13,16,19,25H,9,14-15,18,29H2,1-4H3. The Morgan fingerprint density at radius 2 is 1.86 bits per heavy atom. The van der Waals surface area contributed by atoms with E-state index in [4.69, 9.17) is 5.73 Å². The number of amides is 1. The fraction of sp³-hybridized carbons (Fsp3) is 0.357. The van der Waals surface area contributed by atoms with E-state index < -0.39 is 11.6 Å². The summed E-state index contributed by atoms with van der Waals surface area (Å²) in [6.07, 6.45) is 0.610. The maximum absolute atomic E-state index is 13.8. The van der Waals surface area contributed by atoms with Crippen molar-refractivity contribution in [1.82, 2.24) is 14.5 Å². The molecule has 0 saturated heterocycles. The molecule has 1 heterocycles. The molecule has 3 rings (SSSR count). The molecule has 0 saturated carbocycles. The fourth-order valence-corrected chi connectivity index (χ4v) is 4.37. The first-order valence-corrected chi connectivity index (χ1v) is 11.9. The third-order valence-electron chi connectivity index (χ3n) is 6.13. The maximum atomic E-state index is 13.8. The molecule has 35 heavy (non-hydrogen) atoms. The van der Waals surface area contributed by atoms with E-state index in [1.807, 2.05) is 79.9 Å². The average molecular weight is 472 g/mol. The Bertz CT molecular complexity index is 1270. The van der Waals surface area contributed by atoms with Gasteiger partial charge in [-0.2, -0.15) is 10.2 Å². The van der Waals surface area contributed by atoms with Crippen molar-refractivity contribution in [3.05, 3.63) is 98.7 Å². The molecular weight excluding hydrogens is 438 g/mol. The van der Waals surface area contributed by atoms with Gasteiger partial charge in [-0.1, -0.05) is 61.9 Å². The Morgan fingerprint density at radius 1 is 1.14 bits per heavy atom. The van der Waals surface area contributed by atoms with Gasteiger partial charge < -0.3 is 15.2 Å². The summed E-state index contributed by atoms with van der Waals surface area (Å²) in [5.41, 5.74) is 8.39. The Morgan fingerprint density at radius 3 is 2.46 bits per heavy atom. The molecule has 1 atom stereocenters. The molecule has 182 valence electrons. The molecule has 0 bridgehead atoms. The maximum Gasteiger partial charge on any atom is 0.291 e. The summed E-state index contributed by atoms with van der Waals surface area (Å²) in [7, 11) is 0. The molecule has 1 unspecified atom stereocenters. The summed E-state index contributed by atoms with van der Waals surface area (Å²) < 4.78 is 1.90. The van der Waals surface area contributed by atoms with Crippen LogP contribution < -0.4 is 11.3 Å². The van der Waals surface area contributed by atoms with Gasteiger partial charge in [0.05, 0.1) is 6.04 Å². The lowest BCUT2D eigenvalue weighted by molar-refractivity contribution is 0.0601. The normalized spacial score (nSPS) is 11.8. The number of nitrogens with zero attached hydrogens (tertiary/aromatic N) is 4. The van der Waals surface area contributed by atoms with Crippen LogP contribution >= 0.6 is 0 Å². The minimum absolute atomic E-state index is 0.0192. The summed E-state index contributed by atoms with van der Waals surface area (Å²) >= 11 is 0. The van der Waals surface area contributed by atoms with Crippen molar-refractivity contribution in [1.29, 1.82) is 5.26 Å². The second-order valence-corrected chi connectivity index (χ2v) is 9.12. The smallest absolute Gasteiger partial charge is 0.291 e. The summed E-state index contributed by atoms with van der Waals surface area (Å²) in [4.78, 5) is 32.9. The highest BCUT2D eigenvalue weighted by atomic mass is 16.2. The third kappa shape index (κ3) is 5.84. The Balaban J connectivity index is 2.22. The molecular formula is C28H33N5O2. The van der Waals surface area contributed by atoms with Gasteiger partial charge in [-0.15, -0.1) is 0 Å². The van der Waals surface area contributed by atoms with Crippen molar-refractivity contribution in [3.8, 4) is 6.07 Å². The van der Waals surface area contributed by atoms with E-state index in [2.05, 4.69) is 4.98 Å². The van der Waals surface area contributed by atoms with E-state index in [0.29, 0.717) is 43.1 Å². The first-order valence-electron chi connectivity index (χ1n) is 11.9. The summed E-state index contributed by atoms with van der Waals surface area (Å²) in [5.74, 6) is 0.287. The van der Waals surface area contributed by atoms with E-state index in [9.17, 15) is 14.9 Å². The van der Waals surface area contributed by atoms with Gasteiger partial charge in [0.1, 0.15) is 17.5 Å². The van der Waals surface area contributed by atoms with Crippen molar-refractivity contribution in [2.24, 2.45) is 11.7 Å². The van der Waals surface area contributed by atoms with Crippen LogP contribution in [0, 0.1) is 31.1 Å². The highest BCUT2D eigenvalue weighted by Crippen LogP contribution is 2.30. The van der Waals surface area contributed by atoms with Crippen molar-refractivity contribution in [2.75, 3.05) is 13.1 Å². The first-order chi connectivity index (χ1) is 16.8. The monoisotopic (exact) mass is 471 g/mol. The van der Waals surface area contributed by atoms with Crippen molar-refractivity contribution >= 4 is 5.91 Å². The van der Waals surface area contributed by atoms with Gasteiger partial charge >= 0.3 is 0 Å². The quantitative estimate of drug-likeness (QED) is 0.508. The van der Waals surface area contributed by atoms with Gasteiger partial charge in [-0.3, -0.25) is 9.59 Å². The fourth-order valence-electron chi connectivity index (χ4n) is 4.37.